The molecule has 3 aromatic rings. The summed E-state index contributed by atoms with van der Waals surface area (Å²) in [6.07, 6.45) is 0. The largest absolute Gasteiger partial charge is 0.350 e. The highest BCUT2D eigenvalue weighted by Crippen LogP contribution is 2.20. The zero-order chi connectivity index (χ0) is 15.7. The van der Waals surface area contributed by atoms with Crippen LogP contribution in [0.4, 0.5) is 8.78 Å². The lowest BCUT2D eigenvalue weighted by atomic mass is 10.2. The van der Waals surface area contributed by atoms with Crippen LogP contribution in [0.5, 0.6) is 0 Å². The summed E-state index contributed by atoms with van der Waals surface area (Å²) in [4.78, 5) is 16.7. The van der Waals surface area contributed by atoms with E-state index in [9.17, 15) is 13.6 Å². The summed E-state index contributed by atoms with van der Waals surface area (Å²) in [6.45, 7) is 0.142. The van der Waals surface area contributed by atoms with E-state index < -0.39 is 0 Å². The number of fused-ring (bicyclic) bond motifs is 1. The number of hydrogen-bond acceptors (Lipinski definition) is 1. The topological polar surface area (TPSA) is 36.1 Å². The first-order valence-corrected chi connectivity index (χ1v) is 6.82. The smallest absolute Gasteiger partial charge is 0.270 e. The highest BCUT2D eigenvalue weighted by Gasteiger charge is 2.17. The highest BCUT2D eigenvalue weighted by atomic mass is 19.1. The van der Waals surface area contributed by atoms with Crippen LogP contribution in [0.3, 0.4) is 0 Å². The maximum atomic E-state index is 13.7. The molecule has 1 heterocycles. The Morgan fingerprint density at radius 2 is 1.82 bits per heavy atom. The van der Waals surface area contributed by atoms with Crippen LogP contribution < -0.4 is 0 Å². The molecule has 0 saturated carbocycles. The molecule has 1 N–H and O–H groups in total. The van der Waals surface area contributed by atoms with Crippen molar-refractivity contribution in [2.75, 3.05) is 7.05 Å². The quantitative estimate of drug-likeness (QED) is 0.786. The minimum atomic E-state index is -0.385. The Hall–Kier alpha value is -2.69. The molecule has 3 nitrogen and oxygen atoms in total. The first-order valence-electron chi connectivity index (χ1n) is 6.82. The van der Waals surface area contributed by atoms with Crippen LogP contribution in [-0.2, 0) is 6.54 Å². The second-order valence-corrected chi connectivity index (χ2v) is 5.14. The molecule has 0 atom stereocenters. The lowest BCUT2D eigenvalue weighted by Gasteiger charge is -2.16. The fourth-order valence-corrected chi connectivity index (χ4v) is 2.39. The number of H-pyrrole nitrogens is 1. The van der Waals surface area contributed by atoms with Crippen LogP contribution in [0.25, 0.3) is 10.9 Å². The van der Waals surface area contributed by atoms with Gasteiger partial charge in [0.15, 0.2) is 0 Å². The molecule has 112 valence electrons. The molecule has 0 aliphatic rings. The summed E-state index contributed by atoms with van der Waals surface area (Å²) < 4.78 is 27.3. The van der Waals surface area contributed by atoms with E-state index in [-0.39, 0.29) is 29.8 Å². The molecule has 0 radical (unpaired) electrons. The van der Waals surface area contributed by atoms with Crippen molar-refractivity contribution in [3.63, 3.8) is 0 Å². The van der Waals surface area contributed by atoms with Gasteiger partial charge in [-0.1, -0.05) is 24.3 Å². The van der Waals surface area contributed by atoms with Crippen molar-refractivity contribution in [3.8, 4) is 0 Å². The monoisotopic (exact) mass is 300 g/mol. The van der Waals surface area contributed by atoms with Gasteiger partial charge < -0.3 is 9.88 Å². The Kier molecular flexibility index (Phi) is 3.63. The molecule has 0 unspecified atom stereocenters. The molecule has 1 aromatic heterocycles. The van der Waals surface area contributed by atoms with Gasteiger partial charge >= 0.3 is 0 Å². The first kappa shape index (κ1) is 14.3. The molecule has 0 saturated heterocycles. The second-order valence-electron chi connectivity index (χ2n) is 5.14. The van der Waals surface area contributed by atoms with Gasteiger partial charge in [0, 0.05) is 30.1 Å². The van der Waals surface area contributed by atoms with E-state index in [1.807, 2.05) is 0 Å². The Morgan fingerprint density at radius 3 is 2.55 bits per heavy atom. The fourth-order valence-electron chi connectivity index (χ4n) is 2.39. The normalized spacial score (nSPS) is 10.9. The van der Waals surface area contributed by atoms with Gasteiger partial charge in [-0.3, -0.25) is 4.79 Å². The number of hydrogen-bond donors (Lipinski definition) is 1. The number of halogens is 2. The van der Waals surface area contributed by atoms with Crippen LogP contribution >= 0.6 is 0 Å². The van der Waals surface area contributed by atoms with E-state index in [0.29, 0.717) is 16.5 Å². The number of amides is 1. The van der Waals surface area contributed by atoms with Gasteiger partial charge in [-0.05, 0) is 24.3 Å². The van der Waals surface area contributed by atoms with Crippen molar-refractivity contribution < 1.29 is 13.6 Å². The molecule has 3 rings (SSSR count). The molecular formula is C17H14F2N2O. The van der Waals surface area contributed by atoms with Crippen molar-refractivity contribution in [1.82, 2.24) is 9.88 Å². The average Bonchev–Trinajstić information content (AvgIpc) is 2.94. The zero-order valence-electron chi connectivity index (χ0n) is 11.9. The van der Waals surface area contributed by atoms with Crippen LogP contribution in [0.2, 0.25) is 0 Å². The van der Waals surface area contributed by atoms with E-state index in [4.69, 9.17) is 0 Å². The van der Waals surface area contributed by atoms with Crippen molar-refractivity contribution in [2.45, 2.75) is 6.54 Å². The van der Waals surface area contributed by atoms with Crippen molar-refractivity contribution in [3.05, 3.63) is 71.4 Å². The van der Waals surface area contributed by atoms with Crippen LogP contribution in [-0.4, -0.2) is 22.8 Å². The Morgan fingerprint density at radius 1 is 1.09 bits per heavy atom. The molecule has 0 aliphatic carbocycles. The van der Waals surface area contributed by atoms with Crippen LogP contribution in [0.1, 0.15) is 16.1 Å². The number of nitrogens with zero attached hydrogens (tertiary/aromatic N) is 1. The first-order chi connectivity index (χ1) is 10.6. The molecule has 0 bridgehead atoms. The van der Waals surface area contributed by atoms with Crippen LogP contribution in [0.15, 0.2) is 48.5 Å². The Labute approximate surface area is 126 Å². The lowest BCUT2D eigenvalue weighted by molar-refractivity contribution is 0.0779. The van der Waals surface area contributed by atoms with E-state index in [1.54, 1.807) is 37.4 Å². The van der Waals surface area contributed by atoms with E-state index in [1.165, 1.54) is 23.1 Å². The third kappa shape index (κ3) is 2.57. The second kappa shape index (κ2) is 5.60. The van der Waals surface area contributed by atoms with Crippen LogP contribution in [0, 0.1) is 11.6 Å². The molecular weight excluding hydrogens is 286 g/mol. The minimum absolute atomic E-state index is 0.142. The fraction of sp³-hybridized carbons (Fsp3) is 0.118. The highest BCUT2D eigenvalue weighted by molar-refractivity contribution is 5.98. The predicted molar refractivity (Wildman–Crippen MR) is 80.5 cm³/mol. The summed E-state index contributed by atoms with van der Waals surface area (Å²) in [5.41, 5.74) is 1.27. The Bertz CT molecular complexity index is 842. The SMILES string of the molecule is CN(Cc1ccccc1F)C(=O)c1cc2c(F)cccc2[nH]1. The van der Waals surface area contributed by atoms with E-state index in [0.717, 1.165) is 0 Å². The third-order valence-corrected chi connectivity index (χ3v) is 3.55. The van der Waals surface area contributed by atoms with Gasteiger partial charge in [-0.2, -0.15) is 0 Å². The summed E-state index contributed by atoms with van der Waals surface area (Å²) in [5.74, 6) is -1.06. The number of aromatic amines is 1. The van der Waals surface area contributed by atoms with Crippen molar-refractivity contribution >= 4 is 16.8 Å². The summed E-state index contributed by atoms with van der Waals surface area (Å²) in [7, 11) is 1.58. The van der Waals surface area contributed by atoms with E-state index >= 15 is 0 Å². The third-order valence-electron chi connectivity index (χ3n) is 3.55. The van der Waals surface area contributed by atoms with Gasteiger partial charge in [0.2, 0.25) is 0 Å². The molecule has 0 aliphatic heterocycles. The Balaban J connectivity index is 1.86. The number of carbonyl (C=O) groups is 1. The predicted octanol–water partition coefficient (Wildman–Crippen LogP) is 3.72. The number of aromatic nitrogens is 1. The lowest BCUT2D eigenvalue weighted by Crippen LogP contribution is -2.26. The summed E-state index contributed by atoms with van der Waals surface area (Å²) in [5, 5.41) is 0.366. The average molecular weight is 300 g/mol. The van der Waals surface area contributed by atoms with E-state index in [2.05, 4.69) is 4.98 Å². The molecule has 0 fully saturated rings. The molecule has 0 spiro atoms. The molecule has 1 amide bonds. The van der Waals surface area contributed by atoms with Gasteiger partial charge in [-0.25, -0.2) is 8.78 Å². The molecule has 2 aromatic carbocycles. The number of benzene rings is 2. The number of nitrogens with one attached hydrogen (secondary N) is 1. The van der Waals surface area contributed by atoms with Crippen molar-refractivity contribution in [2.24, 2.45) is 0 Å². The van der Waals surface area contributed by atoms with Crippen molar-refractivity contribution in [1.29, 1.82) is 0 Å². The molecule has 22 heavy (non-hydrogen) atoms. The maximum absolute atomic E-state index is 13.7. The standard InChI is InChI=1S/C17H14F2N2O/c1-21(10-11-5-2-3-6-13(11)18)17(22)16-9-12-14(19)7-4-8-15(12)20-16/h2-9,20H,10H2,1H3. The molecule has 5 heteroatoms. The zero-order valence-corrected chi connectivity index (χ0v) is 11.9. The maximum Gasteiger partial charge on any atom is 0.270 e. The van der Waals surface area contributed by atoms with Gasteiger partial charge in [0.1, 0.15) is 17.3 Å². The van der Waals surface area contributed by atoms with Gasteiger partial charge in [0.25, 0.3) is 5.91 Å². The number of rotatable bonds is 3. The van der Waals surface area contributed by atoms with Gasteiger partial charge in [0.05, 0.1) is 0 Å². The van der Waals surface area contributed by atoms with Gasteiger partial charge in [-0.15, -0.1) is 0 Å². The summed E-state index contributed by atoms with van der Waals surface area (Å²) >= 11 is 0. The number of carbonyl (C=O) groups excluding carboxylic acids is 1. The summed E-state index contributed by atoms with van der Waals surface area (Å²) in [6, 6.07) is 12.4. The minimum Gasteiger partial charge on any atom is -0.350 e.